The molecule has 0 unspecified atom stereocenters. The Morgan fingerprint density at radius 2 is 1.42 bits per heavy atom. The molecule has 0 saturated carbocycles. The molecule has 0 fully saturated rings. The van der Waals surface area contributed by atoms with Gasteiger partial charge in [0.05, 0.1) is 18.8 Å². The SMILES string of the molecule is Cc1c(OCCCCOc2c(F)c(F)c(F)c(F)c2F)ccc(C(=O)CC(C)C)c1O. The minimum absolute atomic E-state index is 0.139. The van der Waals surface area contributed by atoms with Crippen LogP contribution in [0.3, 0.4) is 0 Å². The summed E-state index contributed by atoms with van der Waals surface area (Å²) in [7, 11) is 0. The molecule has 0 aromatic heterocycles. The van der Waals surface area contributed by atoms with Gasteiger partial charge in [-0.25, -0.2) is 13.2 Å². The largest absolute Gasteiger partial charge is 0.507 e. The number of aromatic hydroxyl groups is 1. The number of Topliss-reactive ketones (excluding diaryl/α,β-unsaturated/α-hetero) is 1. The third-order valence-corrected chi connectivity index (χ3v) is 4.49. The highest BCUT2D eigenvalue weighted by Gasteiger charge is 2.26. The number of rotatable bonds is 10. The Kier molecular flexibility index (Phi) is 8.24. The number of benzene rings is 2. The van der Waals surface area contributed by atoms with Gasteiger partial charge in [-0.15, -0.1) is 0 Å². The zero-order chi connectivity index (χ0) is 23.3. The average Bonchev–Trinajstić information content (AvgIpc) is 2.72. The van der Waals surface area contributed by atoms with Crippen LogP contribution in [-0.2, 0) is 0 Å². The molecule has 0 aliphatic carbocycles. The smallest absolute Gasteiger partial charge is 0.206 e. The number of carbonyl (C=O) groups is 1. The maximum absolute atomic E-state index is 13.5. The molecular weight excluding hydrogens is 423 g/mol. The van der Waals surface area contributed by atoms with Crippen molar-refractivity contribution in [3.05, 3.63) is 52.3 Å². The van der Waals surface area contributed by atoms with Crippen LogP contribution < -0.4 is 9.47 Å². The van der Waals surface area contributed by atoms with Crippen molar-refractivity contribution in [2.75, 3.05) is 13.2 Å². The highest BCUT2D eigenvalue weighted by molar-refractivity contribution is 5.99. The van der Waals surface area contributed by atoms with E-state index in [0.29, 0.717) is 24.2 Å². The summed E-state index contributed by atoms with van der Waals surface area (Å²) in [5, 5.41) is 10.3. The van der Waals surface area contributed by atoms with E-state index in [1.54, 1.807) is 13.0 Å². The van der Waals surface area contributed by atoms with E-state index in [-0.39, 0.29) is 42.6 Å². The van der Waals surface area contributed by atoms with Gasteiger partial charge >= 0.3 is 0 Å². The quantitative estimate of drug-likeness (QED) is 0.163. The first-order valence-electron chi connectivity index (χ1n) is 9.69. The van der Waals surface area contributed by atoms with Crippen molar-refractivity contribution in [2.24, 2.45) is 5.92 Å². The molecule has 4 nitrogen and oxygen atoms in total. The molecule has 2 rings (SSSR count). The van der Waals surface area contributed by atoms with Crippen molar-refractivity contribution < 1.29 is 41.3 Å². The van der Waals surface area contributed by atoms with Crippen LogP contribution in [0.25, 0.3) is 0 Å². The first-order chi connectivity index (χ1) is 14.6. The van der Waals surface area contributed by atoms with E-state index in [1.165, 1.54) is 6.07 Å². The monoisotopic (exact) mass is 446 g/mol. The number of carbonyl (C=O) groups excluding carboxylic acids is 1. The summed E-state index contributed by atoms with van der Waals surface area (Å²) in [5.41, 5.74) is 0.613. The molecule has 0 atom stereocenters. The minimum Gasteiger partial charge on any atom is -0.507 e. The van der Waals surface area contributed by atoms with E-state index in [9.17, 15) is 31.9 Å². The topological polar surface area (TPSA) is 55.8 Å². The fourth-order valence-electron chi connectivity index (χ4n) is 2.82. The zero-order valence-electron chi connectivity index (χ0n) is 17.3. The van der Waals surface area contributed by atoms with Crippen molar-refractivity contribution in [2.45, 2.75) is 40.0 Å². The van der Waals surface area contributed by atoms with Gasteiger partial charge < -0.3 is 14.6 Å². The fraction of sp³-hybridized carbons (Fsp3) is 0.409. The first-order valence-corrected chi connectivity index (χ1v) is 9.69. The number of hydrogen-bond donors (Lipinski definition) is 1. The third-order valence-electron chi connectivity index (χ3n) is 4.49. The molecule has 1 N–H and O–H groups in total. The molecule has 0 aliphatic heterocycles. The molecule has 170 valence electrons. The van der Waals surface area contributed by atoms with Gasteiger partial charge in [-0.05, 0) is 37.8 Å². The highest BCUT2D eigenvalue weighted by Crippen LogP contribution is 2.32. The van der Waals surface area contributed by atoms with E-state index in [4.69, 9.17) is 9.47 Å². The Labute approximate surface area is 176 Å². The van der Waals surface area contributed by atoms with Gasteiger partial charge in [0.2, 0.25) is 29.1 Å². The molecule has 0 bridgehead atoms. The lowest BCUT2D eigenvalue weighted by atomic mass is 9.98. The first kappa shape index (κ1) is 24.4. The van der Waals surface area contributed by atoms with Crippen molar-refractivity contribution in [1.29, 1.82) is 0 Å². The lowest BCUT2D eigenvalue weighted by molar-refractivity contribution is 0.0965. The molecular formula is C22H23F5O4. The summed E-state index contributed by atoms with van der Waals surface area (Å²) in [6.45, 7) is 5.24. The summed E-state index contributed by atoms with van der Waals surface area (Å²) in [4.78, 5) is 12.2. The maximum Gasteiger partial charge on any atom is 0.206 e. The van der Waals surface area contributed by atoms with E-state index in [1.807, 2.05) is 13.8 Å². The van der Waals surface area contributed by atoms with Gasteiger partial charge in [-0.2, -0.15) is 8.78 Å². The minimum atomic E-state index is -2.24. The van der Waals surface area contributed by atoms with Crippen LogP contribution in [0.1, 0.15) is 49.0 Å². The van der Waals surface area contributed by atoms with Crippen LogP contribution in [-0.4, -0.2) is 24.1 Å². The Morgan fingerprint density at radius 1 is 0.903 bits per heavy atom. The van der Waals surface area contributed by atoms with Crippen molar-refractivity contribution in [3.8, 4) is 17.2 Å². The molecule has 31 heavy (non-hydrogen) atoms. The summed E-state index contributed by atoms with van der Waals surface area (Å²) in [6.07, 6.45) is 0.843. The predicted octanol–water partition coefficient (Wildman–Crippen LogP) is 5.86. The van der Waals surface area contributed by atoms with Gasteiger partial charge in [-0.3, -0.25) is 4.79 Å². The van der Waals surface area contributed by atoms with Crippen LogP contribution in [0, 0.1) is 41.9 Å². The van der Waals surface area contributed by atoms with Crippen molar-refractivity contribution in [3.63, 3.8) is 0 Å². The lowest BCUT2D eigenvalue weighted by Gasteiger charge is -2.14. The van der Waals surface area contributed by atoms with E-state index in [0.717, 1.165) is 0 Å². The molecule has 2 aromatic carbocycles. The molecule has 0 heterocycles. The second kappa shape index (κ2) is 10.5. The summed E-state index contributed by atoms with van der Waals surface area (Å²) in [6, 6.07) is 3.04. The normalized spacial score (nSPS) is 11.1. The Hall–Kier alpha value is -2.84. The maximum atomic E-state index is 13.5. The van der Waals surface area contributed by atoms with Crippen molar-refractivity contribution in [1.82, 2.24) is 0 Å². The summed E-state index contributed by atoms with van der Waals surface area (Å²) in [5.74, 6) is -11.6. The molecule has 9 heteroatoms. The lowest BCUT2D eigenvalue weighted by Crippen LogP contribution is -2.09. The number of ketones is 1. The second-order valence-electron chi connectivity index (χ2n) is 7.41. The number of hydrogen-bond acceptors (Lipinski definition) is 4. The third kappa shape index (κ3) is 5.65. The number of unbranched alkanes of at least 4 members (excludes halogenated alkanes) is 1. The van der Waals surface area contributed by atoms with Gasteiger partial charge in [0.25, 0.3) is 0 Å². The average molecular weight is 446 g/mol. The number of halogens is 5. The zero-order valence-corrected chi connectivity index (χ0v) is 17.3. The Morgan fingerprint density at radius 3 is 1.97 bits per heavy atom. The molecule has 0 amide bonds. The number of phenolic OH excluding ortho intramolecular Hbond substituents is 1. The van der Waals surface area contributed by atoms with E-state index >= 15 is 0 Å². The van der Waals surface area contributed by atoms with Crippen molar-refractivity contribution >= 4 is 5.78 Å². The van der Waals surface area contributed by atoms with Crippen LogP contribution in [0.5, 0.6) is 17.2 Å². The molecule has 0 spiro atoms. The number of phenols is 1. The predicted molar refractivity (Wildman–Crippen MR) is 103 cm³/mol. The summed E-state index contributed by atoms with van der Waals surface area (Å²) < 4.78 is 76.6. The van der Waals surface area contributed by atoms with E-state index < -0.39 is 34.8 Å². The Balaban J connectivity index is 1.88. The molecule has 0 radical (unpaired) electrons. The molecule has 0 aliphatic rings. The van der Waals surface area contributed by atoms with Gasteiger partial charge in [0.1, 0.15) is 11.5 Å². The summed E-state index contributed by atoms with van der Waals surface area (Å²) >= 11 is 0. The second-order valence-corrected chi connectivity index (χ2v) is 7.41. The number of ether oxygens (including phenoxy) is 2. The van der Waals surface area contributed by atoms with Gasteiger partial charge in [0.15, 0.2) is 11.5 Å². The standard InChI is InChI=1S/C22H23F5O4/c1-11(2)10-14(28)13-6-7-15(12(3)21(13)29)30-8-4-5-9-31-22-19(26)17(24)16(23)18(25)20(22)27/h6-7,11,29H,4-5,8-10H2,1-3H3. The fourth-order valence-corrected chi connectivity index (χ4v) is 2.82. The Bertz CT molecular complexity index is 931. The van der Waals surface area contributed by atoms with Crippen LogP contribution in [0.4, 0.5) is 22.0 Å². The highest BCUT2D eigenvalue weighted by atomic mass is 19.2. The van der Waals surface area contributed by atoms with Gasteiger partial charge in [0, 0.05) is 12.0 Å². The van der Waals surface area contributed by atoms with Crippen LogP contribution in [0.2, 0.25) is 0 Å². The van der Waals surface area contributed by atoms with E-state index in [2.05, 4.69) is 0 Å². The molecule has 0 saturated heterocycles. The van der Waals surface area contributed by atoms with Crippen LogP contribution in [0.15, 0.2) is 12.1 Å². The van der Waals surface area contributed by atoms with Gasteiger partial charge in [-0.1, -0.05) is 13.8 Å². The van der Waals surface area contributed by atoms with Crippen LogP contribution >= 0.6 is 0 Å². The molecule has 2 aromatic rings.